The Kier molecular flexibility index (Phi) is 6.57. The number of halogens is 1. The van der Waals surface area contributed by atoms with E-state index in [1.54, 1.807) is 7.11 Å². The third-order valence-electron chi connectivity index (χ3n) is 4.20. The van der Waals surface area contributed by atoms with E-state index >= 15 is 0 Å². The molecule has 0 heterocycles. The Labute approximate surface area is 152 Å². The van der Waals surface area contributed by atoms with Crippen LogP contribution in [0.3, 0.4) is 0 Å². The molecule has 0 spiro atoms. The molecule has 24 heavy (non-hydrogen) atoms. The molecule has 0 aliphatic carbocycles. The molecule has 0 saturated heterocycles. The van der Waals surface area contributed by atoms with Gasteiger partial charge in [0, 0.05) is 7.11 Å². The molecule has 1 unspecified atom stereocenters. The average molecular weight is 357 g/mol. The zero-order valence-electron chi connectivity index (χ0n) is 13.7. The lowest BCUT2D eigenvalue weighted by Crippen LogP contribution is -2.23. The summed E-state index contributed by atoms with van der Waals surface area (Å²) in [7, 11) is 4.83. The third-order valence-corrected chi connectivity index (χ3v) is 5.18. The first-order valence-electron chi connectivity index (χ1n) is 7.74. The molecule has 0 N–H and O–H groups in total. The topological polar surface area (TPSA) is 9.23 Å². The van der Waals surface area contributed by atoms with Crippen LogP contribution < -0.4 is 0 Å². The molecule has 0 aliphatic heterocycles. The lowest BCUT2D eigenvalue weighted by Gasteiger charge is -2.33. The number of hydrogen-bond donors (Lipinski definition) is 0. The molecular formula is C21H22ClOP. The molecule has 3 heteroatoms. The first kappa shape index (κ1) is 18.7. The maximum absolute atomic E-state index is 5.43. The van der Waals surface area contributed by atoms with Gasteiger partial charge >= 0.3 is 0 Å². The summed E-state index contributed by atoms with van der Waals surface area (Å²) in [6, 6.07) is 29.7. The summed E-state index contributed by atoms with van der Waals surface area (Å²) in [5.74, 6) is 0. The van der Waals surface area contributed by atoms with Gasteiger partial charge < -0.3 is 4.74 Å². The minimum Gasteiger partial charge on any atom is -0.380 e. The highest BCUT2D eigenvalue weighted by Crippen LogP contribution is 2.46. The lowest BCUT2D eigenvalue weighted by atomic mass is 9.82. The lowest BCUT2D eigenvalue weighted by molar-refractivity contribution is 0.184. The molecule has 1 nitrogen and oxygen atoms in total. The minimum absolute atomic E-state index is 0. The Morgan fingerprint density at radius 1 is 0.750 bits per heavy atom. The molecule has 0 fully saturated rings. The van der Waals surface area contributed by atoms with Crippen LogP contribution in [0.15, 0.2) is 84.9 Å². The SMILES string of the molecule is COCc1ccccc1C(P)(c1ccccc1)c1ccccc1.Cl. The highest BCUT2D eigenvalue weighted by atomic mass is 35.5. The van der Waals surface area contributed by atoms with E-state index in [4.69, 9.17) is 4.74 Å². The number of rotatable bonds is 5. The molecule has 3 aromatic carbocycles. The van der Waals surface area contributed by atoms with Crippen molar-refractivity contribution in [2.45, 2.75) is 11.8 Å². The van der Waals surface area contributed by atoms with E-state index in [1.807, 2.05) is 0 Å². The molecular weight excluding hydrogens is 335 g/mol. The van der Waals surface area contributed by atoms with Gasteiger partial charge in [0.25, 0.3) is 0 Å². The molecule has 1 atom stereocenters. The zero-order valence-corrected chi connectivity index (χ0v) is 15.7. The fourth-order valence-electron chi connectivity index (χ4n) is 3.07. The van der Waals surface area contributed by atoms with Crippen LogP contribution in [0.5, 0.6) is 0 Å². The normalized spacial score (nSPS) is 10.9. The second-order valence-corrected chi connectivity index (χ2v) is 6.50. The van der Waals surface area contributed by atoms with Gasteiger partial charge in [0.05, 0.1) is 11.8 Å². The van der Waals surface area contributed by atoms with Crippen molar-refractivity contribution in [2.24, 2.45) is 0 Å². The van der Waals surface area contributed by atoms with Crippen LogP contribution >= 0.6 is 21.6 Å². The number of benzene rings is 3. The highest BCUT2D eigenvalue weighted by Gasteiger charge is 2.32. The van der Waals surface area contributed by atoms with Gasteiger partial charge in [0.15, 0.2) is 0 Å². The smallest absolute Gasteiger partial charge is 0.0716 e. The van der Waals surface area contributed by atoms with Crippen molar-refractivity contribution < 1.29 is 4.74 Å². The second kappa shape index (κ2) is 8.44. The first-order valence-corrected chi connectivity index (χ1v) is 8.32. The van der Waals surface area contributed by atoms with Crippen LogP contribution in [0.4, 0.5) is 0 Å². The Morgan fingerprint density at radius 3 is 1.71 bits per heavy atom. The molecule has 0 bridgehead atoms. The summed E-state index contributed by atoms with van der Waals surface area (Å²) in [6.07, 6.45) is 0. The number of ether oxygens (including phenoxy) is 1. The van der Waals surface area contributed by atoms with Crippen molar-refractivity contribution in [1.29, 1.82) is 0 Å². The molecule has 0 amide bonds. The largest absolute Gasteiger partial charge is 0.380 e. The van der Waals surface area contributed by atoms with Gasteiger partial charge in [0.1, 0.15) is 0 Å². The molecule has 0 aliphatic rings. The van der Waals surface area contributed by atoms with Gasteiger partial charge in [-0.2, -0.15) is 0 Å². The van der Waals surface area contributed by atoms with Crippen LogP contribution in [-0.4, -0.2) is 7.11 Å². The maximum atomic E-state index is 5.43. The Balaban J connectivity index is 0.00000208. The quantitative estimate of drug-likeness (QED) is 0.438. The second-order valence-electron chi connectivity index (χ2n) is 5.63. The van der Waals surface area contributed by atoms with Crippen molar-refractivity contribution in [3.05, 3.63) is 107 Å². The summed E-state index contributed by atoms with van der Waals surface area (Å²) >= 11 is 0. The molecule has 3 rings (SSSR count). The third kappa shape index (κ3) is 3.54. The standard InChI is InChI=1S/C21H21OP.ClH/c1-22-16-17-10-8-9-15-20(17)21(23,18-11-4-2-5-12-18)19-13-6-3-7-14-19;/h2-15H,16,23H2,1H3;1H. The van der Waals surface area contributed by atoms with Crippen molar-refractivity contribution in [3.8, 4) is 0 Å². The number of methoxy groups -OCH3 is 1. The van der Waals surface area contributed by atoms with E-state index in [0.29, 0.717) is 6.61 Å². The fraction of sp³-hybridized carbons (Fsp3) is 0.143. The van der Waals surface area contributed by atoms with Crippen molar-refractivity contribution >= 4 is 21.6 Å². The molecule has 124 valence electrons. The maximum Gasteiger partial charge on any atom is 0.0716 e. The van der Waals surface area contributed by atoms with Gasteiger partial charge in [-0.05, 0) is 22.3 Å². The summed E-state index contributed by atoms with van der Waals surface area (Å²) in [6.45, 7) is 0.603. The summed E-state index contributed by atoms with van der Waals surface area (Å²) < 4.78 is 5.43. The van der Waals surface area contributed by atoms with Crippen molar-refractivity contribution in [1.82, 2.24) is 0 Å². The van der Waals surface area contributed by atoms with Crippen LogP contribution in [0, 0.1) is 0 Å². The van der Waals surface area contributed by atoms with E-state index < -0.39 is 0 Å². The highest BCUT2D eigenvalue weighted by molar-refractivity contribution is 7.19. The van der Waals surface area contributed by atoms with Crippen LogP contribution in [0.25, 0.3) is 0 Å². The minimum atomic E-state index is -0.294. The average Bonchev–Trinajstić information content (AvgIpc) is 2.63. The van der Waals surface area contributed by atoms with Gasteiger partial charge in [-0.25, -0.2) is 0 Å². The summed E-state index contributed by atoms with van der Waals surface area (Å²) in [5.41, 5.74) is 4.96. The molecule has 3 aromatic rings. The van der Waals surface area contributed by atoms with E-state index in [1.165, 1.54) is 22.3 Å². The number of hydrogen-bond acceptors (Lipinski definition) is 1. The summed E-state index contributed by atoms with van der Waals surface area (Å²) in [5, 5.41) is -0.294. The van der Waals surface area contributed by atoms with Gasteiger partial charge in [0.2, 0.25) is 0 Å². The van der Waals surface area contributed by atoms with Gasteiger partial charge in [-0.15, -0.1) is 21.6 Å². The Bertz CT molecular complexity index is 720. The van der Waals surface area contributed by atoms with E-state index in [2.05, 4.69) is 94.2 Å². The van der Waals surface area contributed by atoms with E-state index in [0.717, 1.165) is 0 Å². The van der Waals surface area contributed by atoms with Crippen LogP contribution in [0.2, 0.25) is 0 Å². The first-order chi connectivity index (χ1) is 11.3. The monoisotopic (exact) mass is 356 g/mol. The fourth-order valence-corrected chi connectivity index (χ4v) is 3.73. The summed E-state index contributed by atoms with van der Waals surface area (Å²) in [4.78, 5) is 0. The predicted molar refractivity (Wildman–Crippen MR) is 107 cm³/mol. The van der Waals surface area contributed by atoms with Crippen LogP contribution in [-0.2, 0) is 16.5 Å². The Hall–Kier alpha value is -1.66. The van der Waals surface area contributed by atoms with Crippen molar-refractivity contribution in [3.63, 3.8) is 0 Å². The zero-order chi connectivity index (χ0) is 16.1. The predicted octanol–water partition coefficient (Wildman–Crippen LogP) is 5.42. The van der Waals surface area contributed by atoms with Crippen LogP contribution in [0.1, 0.15) is 22.3 Å². The van der Waals surface area contributed by atoms with Gasteiger partial charge in [-0.3, -0.25) is 0 Å². The van der Waals surface area contributed by atoms with E-state index in [9.17, 15) is 0 Å². The molecule has 0 aromatic heterocycles. The van der Waals surface area contributed by atoms with E-state index in [-0.39, 0.29) is 17.6 Å². The Morgan fingerprint density at radius 2 is 1.21 bits per heavy atom. The van der Waals surface area contributed by atoms with Crippen molar-refractivity contribution in [2.75, 3.05) is 7.11 Å². The molecule has 0 radical (unpaired) electrons. The van der Waals surface area contributed by atoms with Gasteiger partial charge in [-0.1, -0.05) is 84.9 Å². The molecule has 0 saturated carbocycles.